The third kappa shape index (κ3) is 1.61. The Balaban J connectivity index is 2.26. The molecule has 5 nitrogen and oxygen atoms in total. The van der Waals surface area contributed by atoms with Crippen molar-refractivity contribution in [1.29, 1.82) is 0 Å². The fraction of sp³-hybridized carbons (Fsp3) is 0. The third-order valence-corrected chi connectivity index (χ3v) is 1.78. The summed E-state index contributed by atoms with van der Waals surface area (Å²) in [6, 6.07) is 5.43. The minimum absolute atomic E-state index is 0.531. The largest absolute Gasteiger partial charge is 0.313 e. The number of aromatic nitrogens is 3. The van der Waals surface area contributed by atoms with Crippen molar-refractivity contribution in [1.82, 2.24) is 15.2 Å². The number of nitrogens with zero attached hydrogens (tertiary/aromatic N) is 2. The van der Waals surface area contributed by atoms with E-state index in [2.05, 4.69) is 20.5 Å². The van der Waals surface area contributed by atoms with Crippen LogP contribution in [0.15, 0.2) is 30.6 Å². The van der Waals surface area contributed by atoms with Crippen molar-refractivity contribution in [3.63, 3.8) is 0 Å². The normalized spacial score (nSPS) is 9.71. The summed E-state index contributed by atoms with van der Waals surface area (Å²) in [7, 11) is 0. The molecule has 0 saturated heterocycles. The van der Waals surface area contributed by atoms with Gasteiger partial charge in [0.15, 0.2) is 0 Å². The van der Waals surface area contributed by atoms with Crippen LogP contribution in [0.4, 0.5) is 5.82 Å². The molecular formula is C9H8N4O. The van der Waals surface area contributed by atoms with Gasteiger partial charge >= 0.3 is 0 Å². The van der Waals surface area contributed by atoms with E-state index in [1.165, 1.54) is 0 Å². The maximum absolute atomic E-state index is 10.1. The number of pyridine rings is 1. The van der Waals surface area contributed by atoms with Gasteiger partial charge < -0.3 is 5.32 Å². The summed E-state index contributed by atoms with van der Waals surface area (Å²) in [5.41, 5.74) is 1.83. The van der Waals surface area contributed by atoms with Crippen molar-refractivity contribution in [2.45, 2.75) is 0 Å². The van der Waals surface area contributed by atoms with Gasteiger partial charge in [0.1, 0.15) is 5.82 Å². The van der Waals surface area contributed by atoms with Crippen molar-refractivity contribution >= 4 is 12.2 Å². The van der Waals surface area contributed by atoms with E-state index >= 15 is 0 Å². The molecule has 0 aliphatic rings. The molecule has 0 spiro atoms. The molecule has 0 aliphatic carbocycles. The van der Waals surface area contributed by atoms with E-state index in [9.17, 15) is 4.79 Å². The molecule has 2 heterocycles. The summed E-state index contributed by atoms with van der Waals surface area (Å²) in [6.45, 7) is 0. The summed E-state index contributed by atoms with van der Waals surface area (Å²) in [5.74, 6) is 0.531. The van der Waals surface area contributed by atoms with Gasteiger partial charge in [-0.1, -0.05) is 0 Å². The lowest BCUT2D eigenvalue weighted by atomic mass is 10.2. The van der Waals surface area contributed by atoms with Gasteiger partial charge in [-0.25, -0.2) is 4.98 Å². The molecule has 0 bridgehead atoms. The summed E-state index contributed by atoms with van der Waals surface area (Å²) in [6.07, 6.45) is 3.93. The van der Waals surface area contributed by atoms with Crippen molar-refractivity contribution in [2.75, 3.05) is 5.32 Å². The quantitative estimate of drug-likeness (QED) is 0.707. The Morgan fingerprint density at radius 3 is 2.86 bits per heavy atom. The third-order valence-electron chi connectivity index (χ3n) is 1.78. The van der Waals surface area contributed by atoms with Gasteiger partial charge in [0.05, 0.1) is 5.69 Å². The maximum atomic E-state index is 10.1. The summed E-state index contributed by atoms with van der Waals surface area (Å²) in [5, 5.41) is 9.12. The van der Waals surface area contributed by atoms with E-state index in [0.717, 1.165) is 11.3 Å². The van der Waals surface area contributed by atoms with Crippen molar-refractivity contribution in [3.8, 4) is 11.3 Å². The molecule has 0 saturated carbocycles. The molecular weight excluding hydrogens is 180 g/mol. The fourth-order valence-corrected chi connectivity index (χ4v) is 1.12. The minimum Gasteiger partial charge on any atom is -0.313 e. The Morgan fingerprint density at radius 1 is 1.36 bits per heavy atom. The molecule has 0 unspecified atom stereocenters. The van der Waals surface area contributed by atoms with Crippen molar-refractivity contribution < 1.29 is 4.79 Å². The summed E-state index contributed by atoms with van der Waals surface area (Å²) < 4.78 is 0. The Bertz CT molecular complexity index is 407. The first-order valence-electron chi connectivity index (χ1n) is 4.06. The summed E-state index contributed by atoms with van der Waals surface area (Å²) in [4.78, 5) is 14.2. The second-order valence-electron chi connectivity index (χ2n) is 2.66. The van der Waals surface area contributed by atoms with Gasteiger partial charge in [0.25, 0.3) is 0 Å². The number of hydrogen-bond donors (Lipinski definition) is 2. The van der Waals surface area contributed by atoms with Crippen molar-refractivity contribution in [2.24, 2.45) is 0 Å². The molecule has 1 amide bonds. The average Bonchev–Trinajstić information content (AvgIpc) is 2.72. The van der Waals surface area contributed by atoms with Crippen molar-refractivity contribution in [3.05, 3.63) is 30.6 Å². The van der Waals surface area contributed by atoms with Gasteiger partial charge in [-0.3, -0.25) is 9.89 Å². The highest BCUT2D eigenvalue weighted by Gasteiger charge is 1.98. The van der Waals surface area contributed by atoms with Crippen LogP contribution < -0.4 is 5.32 Å². The molecule has 2 N–H and O–H groups in total. The van der Waals surface area contributed by atoms with E-state index in [4.69, 9.17) is 0 Å². The van der Waals surface area contributed by atoms with Gasteiger partial charge in [-0.2, -0.15) is 5.10 Å². The molecule has 2 rings (SSSR count). The number of hydrogen-bond acceptors (Lipinski definition) is 3. The van der Waals surface area contributed by atoms with E-state index in [-0.39, 0.29) is 0 Å². The maximum Gasteiger partial charge on any atom is 0.212 e. The van der Waals surface area contributed by atoms with Crippen LogP contribution in [0.1, 0.15) is 0 Å². The number of nitrogens with one attached hydrogen (secondary N) is 2. The van der Waals surface area contributed by atoms with E-state index in [1.54, 1.807) is 18.5 Å². The minimum atomic E-state index is 0.531. The second kappa shape index (κ2) is 3.69. The van der Waals surface area contributed by atoms with Crippen LogP contribution >= 0.6 is 0 Å². The zero-order valence-corrected chi connectivity index (χ0v) is 7.27. The Hall–Kier alpha value is -2.17. The molecule has 0 aliphatic heterocycles. The first-order valence-corrected chi connectivity index (χ1v) is 4.06. The highest BCUT2D eigenvalue weighted by molar-refractivity contribution is 5.70. The predicted molar refractivity (Wildman–Crippen MR) is 51.5 cm³/mol. The predicted octanol–water partition coefficient (Wildman–Crippen LogP) is 1.04. The molecule has 0 aromatic carbocycles. The van der Waals surface area contributed by atoms with Gasteiger partial charge in [0.2, 0.25) is 6.41 Å². The van der Waals surface area contributed by atoms with Gasteiger partial charge in [0, 0.05) is 18.0 Å². The first-order chi connectivity index (χ1) is 6.90. The van der Waals surface area contributed by atoms with Crippen LogP contribution in [0.2, 0.25) is 0 Å². The Morgan fingerprint density at radius 2 is 2.29 bits per heavy atom. The first kappa shape index (κ1) is 8.43. The van der Waals surface area contributed by atoms with Crippen LogP contribution in [0.25, 0.3) is 11.3 Å². The molecule has 0 radical (unpaired) electrons. The number of rotatable bonds is 3. The monoisotopic (exact) mass is 188 g/mol. The Kier molecular flexibility index (Phi) is 2.22. The van der Waals surface area contributed by atoms with Crippen LogP contribution in [-0.4, -0.2) is 21.6 Å². The standard InChI is InChI=1S/C9H8N4O/c14-6-11-9-2-1-7(5-10-9)8-3-4-12-13-8/h1-6H,(H,12,13)(H,10,11,14). The van der Waals surface area contributed by atoms with Crippen LogP contribution in [0, 0.1) is 0 Å². The lowest BCUT2D eigenvalue weighted by Crippen LogP contribution is -1.95. The molecule has 0 fully saturated rings. The number of H-pyrrole nitrogens is 1. The lowest BCUT2D eigenvalue weighted by molar-refractivity contribution is -0.105. The number of aromatic amines is 1. The number of anilines is 1. The number of amides is 1. The van der Waals surface area contributed by atoms with E-state index in [1.807, 2.05) is 12.1 Å². The topological polar surface area (TPSA) is 70.7 Å². The lowest BCUT2D eigenvalue weighted by Gasteiger charge is -1.99. The molecule has 0 atom stereocenters. The van der Waals surface area contributed by atoms with Crippen LogP contribution in [0.3, 0.4) is 0 Å². The second-order valence-corrected chi connectivity index (χ2v) is 2.66. The molecule has 70 valence electrons. The molecule has 5 heteroatoms. The zero-order valence-electron chi connectivity index (χ0n) is 7.27. The average molecular weight is 188 g/mol. The van der Waals surface area contributed by atoms with E-state index < -0.39 is 0 Å². The summed E-state index contributed by atoms with van der Waals surface area (Å²) >= 11 is 0. The smallest absolute Gasteiger partial charge is 0.212 e. The fourth-order valence-electron chi connectivity index (χ4n) is 1.12. The van der Waals surface area contributed by atoms with Gasteiger partial charge in [-0.05, 0) is 18.2 Å². The number of carbonyl (C=O) groups is 1. The highest BCUT2D eigenvalue weighted by Crippen LogP contribution is 2.15. The molecule has 14 heavy (non-hydrogen) atoms. The SMILES string of the molecule is O=CNc1ccc(-c2ccn[nH]2)cn1. The molecule has 2 aromatic rings. The molecule has 2 aromatic heterocycles. The van der Waals surface area contributed by atoms with E-state index in [0.29, 0.717) is 12.2 Å². The highest BCUT2D eigenvalue weighted by atomic mass is 16.1. The zero-order chi connectivity index (χ0) is 9.80. The van der Waals surface area contributed by atoms with Crippen LogP contribution in [-0.2, 0) is 4.79 Å². The number of carbonyl (C=O) groups excluding carboxylic acids is 1. The van der Waals surface area contributed by atoms with Gasteiger partial charge in [-0.15, -0.1) is 0 Å². The Labute approximate surface area is 80.2 Å². The van der Waals surface area contributed by atoms with Crippen LogP contribution in [0.5, 0.6) is 0 Å².